The monoisotopic (exact) mass is 464 g/mol. The van der Waals surface area contributed by atoms with Crippen LogP contribution in [0.4, 0.5) is 9.18 Å². The van der Waals surface area contributed by atoms with Crippen LogP contribution in [0.25, 0.3) is 0 Å². The van der Waals surface area contributed by atoms with Crippen LogP contribution in [0.15, 0.2) is 24.3 Å². The average molecular weight is 465 g/mol. The summed E-state index contributed by atoms with van der Waals surface area (Å²) in [6.45, 7) is 2.22. The van der Waals surface area contributed by atoms with Crippen LogP contribution in [0, 0.1) is 11.7 Å². The fraction of sp³-hybridized carbons (Fsp3) is 0.609. The summed E-state index contributed by atoms with van der Waals surface area (Å²) in [4.78, 5) is 44.0. The molecule has 9 heteroatoms. The van der Waals surface area contributed by atoms with Gasteiger partial charge in [-0.1, -0.05) is 12.1 Å². The molecular weight excluding hydrogens is 431 g/mol. The number of nitrogens with zero attached hydrogens (tertiary/aromatic N) is 3. The molecule has 2 fully saturated rings. The molecule has 1 aromatic rings. The fourth-order valence-electron chi connectivity index (χ4n) is 4.74. The number of urea groups is 1. The fourth-order valence-corrected chi connectivity index (χ4v) is 5.17. The van der Waals surface area contributed by atoms with Crippen LogP contribution >= 0.6 is 11.8 Å². The van der Waals surface area contributed by atoms with E-state index in [-0.39, 0.29) is 36.0 Å². The van der Waals surface area contributed by atoms with Gasteiger partial charge in [-0.2, -0.15) is 11.8 Å². The third-order valence-corrected chi connectivity index (χ3v) is 6.91. The molecule has 0 bridgehead atoms. The van der Waals surface area contributed by atoms with Crippen LogP contribution in [0.5, 0.6) is 0 Å². The molecule has 0 saturated carbocycles. The minimum absolute atomic E-state index is 0.0993. The summed E-state index contributed by atoms with van der Waals surface area (Å²) in [5.74, 6) is -0.190. The van der Waals surface area contributed by atoms with Gasteiger partial charge >= 0.3 is 6.03 Å². The first kappa shape index (κ1) is 24.5. The van der Waals surface area contributed by atoms with Crippen LogP contribution in [-0.4, -0.2) is 90.4 Å². The van der Waals surface area contributed by atoms with Gasteiger partial charge in [0.15, 0.2) is 0 Å². The van der Waals surface area contributed by atoms with Crippen LogP contribution in [0.2, 0.25) is 0 Å². The van der Waals surface area contributed by atoms with Crippen molar-refractivity contribution in [2.24, 2.45) is 5.92 Å². The lowest BCUT2D eigenvalue weighted by Crippen LogP contribution is -2.58. The first-order valence-corrected chi connectivity index (χ1v) is 12.5. The molecule has 0 aromatic heterocycles. The molecule has 32 heavy (non-hydrogen) atoms. The van der Waals surface area contributed by atoms with Crippen molar-refractivity contribution in [2.75, 3.05) is 52.3 Å². The molecule has 1 unspecified atom stereocenters. The van der Waals surface area contributed by atoms with Crippen LogP contribution < -0.4 is 5.32 Å². The van der Waals surface area contributed by atoms with Crippen molar-refractivity contribution in [3.63, 3.8) is 0 Å². The Balaban J connectivity index is 1.82. The molecule has 2 aliphatic heterocycles. The number of hydrogen-bond acceptors (Lipinski definition) is 5. The number of thioether (sulfide) groups is 1. The van der Waals surface area contributed by atoms with E-state index in [0.29, 0.717) is 50.2 Å². The standard InChI is InChI=1S/C23H33FN4O3S/c1-26(2)10-5-11-28-21(30)23(25-22(28)31,15-17-6-4-7-19(24)14-17)18-8-12-27(13-9-18)20(29)16-32-3/h4,6-7,14,18H,5,8-13,15-16H2,1-3H3,(H,25,31). The Bertz CT molecular complexity index is 844. The van der Waals surface area contributed by atoms with Crippen molar-refractivity contribution in [3.05, 3.63) is 35.6 Å². The van der Waals surface area contributed by atoms with E-state index in [1.807, 2.05) is 30.2 Å². The van der Waals surface area contributed by atoms with Crippen LogP contribution in [-0.2, 0) is 16.0 Å². The number of nitrogens with one attached hydrogen (secondary N) is 1. The third kappa shape index (κ3) is 5.43. The number of benzene rings is 1. The van der Waals surface area contributed by atoms with E-state index in [2.05, 4.69) is 5.32 Å². The predicted molar refractivity (Wildman–Crippen MR) is 124 cm³/mol. The van der Waals surface area contributed by atoms with Crippen molar-refractivity contribution in [3.8, 4) is 0 Å². The molecule has 1 N–H and O–H groups in total. The highest BCUT2D eigenvalue weighted by atomic mass is 32.2. The second-order valence-electron chi connectivity index (χ2n) is 8.91. The lowest BCUT2D eigenvalue weighted by molar-refractivity contribution is -0.135. The number of hydrogen-bond donors (Lipinski definition) is 1. The van der Waals surface area contributed by atoms with Gasteiger partial charge in [0, 0.05) is 26.1 Å². The Morgan fingerprint density at radius 1 is 1.28 bits per heavy atom. The Labute approximate surface area is 193 Å². The van der Waals surface area contributed by atoms with Gasteiger partial charge in [0.25, 0.3) is 5.91 Å². The zero-order chi connectivity index (χ0) is 23.3. The molecule has 2 heterocycles. The lowest BCUT2D eigenvalue weighted by Gasteiger charge is -2.41. The average Bonchev–Trinajstić information content (AvgIpc) is 2.98. The number of likely N-dealkylation sites (tertiary alicyclic amines) is 1. The number of piperidine rings is 1. The van der Waals surface area contributed by atoms with E-state index in [0.717, 1.165) is 6.54 Å². The largest absolute Gasteiger partial charge is 0.342 e. The van der Waals surface area contributed by atoms with Crippen molar-refractivity contribution in [1.29, 1.82) is 0 Å². The minimum Gasteiger partial charge on any atom is -0.342 e. The SMILES string of the molecule is CSCC(=O)N1CCC(C2(Cc3cccc(F)c3)NC(=O)N(CCCN(C)C)C2=O)CC1. The summed E-state index contributed by atoms with van der Waals surface area (Å²) in [5, 5.41) is 3.01. The maximum Gasteiger partial charge on any atom is 0.325 e. The van der Waals surface area contributed by atoms with Crippen molar-refractivity contribution < 1.29 is 18.8 Å². The van der Waals surface area contributed by atoms with Gasteiger partial charge in [-0.3, -0.25) is 14.5 Å². The number of carbonyl (C=O) groups is 3. The summed E-state index contributed by atoms with van der Waals surface area (Å²) in [6, 6.07) is 5.82. The van der Waals surface area contributed by atoms with Gasteiger partial charge < -0.3 is 15.1 Å². The van der Waals surface area contributed by atoms with E-state index in [4.69, 9.17) is 0 Å². The molecule has 0 radical (unpaired) electrons. The Kier molecular flexibility index (Phi) is 8.16. The quantitative estimate of drug-likeness (QED) is 0.568. The Morgan fingerprint density at radius 2 is 2.00 bits per heavy atom. The van der Waals surface area contributed by atoms with Gasteiger partial charge in [-0.25, -0.2) is 9.18 Å². The molecule has 2 saturated heterocycles. The normalized spacial score (nSPS) is 22.0. The molecule has 4 amide bonds. The van der Waals surface area contributed by atoms with E-state index in [1.165, 1.54) is 28.8 Å². The maximum atomic E-state index is 13.9. The number of halogens is 1. The summed E-state index contributed by atoms with van der Waals surface area (Å²) in [6.07, 6.45) is 4.06. The molecule has 0 aliphatic carbocycles. The molecular formula is C23H33FN4O3S. The van der Waals surface area contributed by atoms with Gasteiger partial charge in [0.2, 0.25) is 5.91 Å². The van der Waals surface area contributed by atoms with Crippen LogP contribution in [0.3, 0.4) is 0 Å². The zero-order valence-electron chi connectivity index (χ0n) is 19.1. The molecule has 2 aliphatic rings. The Hall–Kier alpha value is -2.13. The van der Waals surface area contributed by atoms with Crippen molar-refractivity contribution in [1.82, 2.24) is 20.0 Å². The highest BCUT2D eigenvalue weighted by molar-refractivity contribution is 7.99. The molecule has 3 rings (SSSR count). The number of carbonyl (C=O) groups excluding carboxylic acids is 3. The van der Waals surface area contributed by atoms with Gasteiger partial charge in [0.1, 0.15) is 11.4 Å². The number of amides is 4. The van der Waals surface area contributed by atoms with E-state index in [9.17, 15) is 18.8 Å². The predicted octanol–water partition coefficient (Wildman–Crippen LogP) is 2.21. The highest BCUT2D eigenvalue weighted by Gasteiger charge is 2.55. The molecule has 176 valence electrons. The van der Waals surface area contributed by atoms with Gasteiger partial charge in [0.05, 0.1) is 5.75 Å². The second-order valence-corrected chi connectivity index (χ2v) is 9.78. The molecule has 1 atom stereocenters. The van der Waals surface area contributed by atoms with E-state index in [1.54, 1.807) is 12.1 Å². The Morgan fingerprint density at radius 3 is 2.62 bits per heavy atom. The summed E-state index contributed by atoms with van der Waals surface area (Å²) < 4.78 is 13.9. The number of imide groups is 1. The van der Waals surface area contributed by atoms with E-state index < -0.39 is 5.54 Å². The smallest absolute Gasteiger partial charge is 0.325 e. The van der Waals surface area contributed by atoms with Gasteiger partial charge in [-0.15, -0.1) is 0 Å². The topological polar surface area (TPSA) is 73.0 Å². The minimum atomic E-state index is -1.11. The maximum absolute atomic E-state index is 13.9. The van der Waals surface area contributed by atoms with Crippen molar-refractivity contribution >= 4 is 29.6 Å². The van der Waals surface area contributed by atoms with Gasteiger partial charge in [-0.05, 0) is 69.8 Å². The molecule has 0 spiro atoms. The van der Waals surface area contributed by atoms with Crippen molar-refractivity contribution in [2.45, 2.75) is 31.2 Å². The lowest BCUT2D eigenvalue weighted by atomic mass is 9.74. The summed E-state index contributed by atoms with van der Waals surface area (Å²) in [5.41, 5.74) is -0.438. The summed E-state index contributed by atoms with van der Waals surface area (Å²) in [7, 11) is 3.90. The van der Waals surface area contributed by atoms with E-state index >= 15 is 0 Å². The van der Waals surface area contributed by atoms with Crippen LogP contribution in [0.1, 0.15) is 24.8 Å². The summed E-state index contributed by atoms with van der Waals surface area (Å²) >= 11 is 1.49. The number of rotatable bonds is 9. The molecule has 7 nitrogen and oxygen atoms in total. The zero-order valence-corrected chi connectivity index (χ0v) is 19.9. The molecule has 1 aromatic carbocycles. The highest BCUT2D eigenvalue weighted by Crippen LogP contribution is 2.36. The first-order chi connectivity index (χ1) is 15.3. The third-order valence-electron chi connectivity index (χ3n) is 6.37. The first-order valence-electron chi connectivity index (χ1n) is 11.1. The second kappa shape index (κ2) is 10.7.